The van der Waals surface area contributed by atoms with Crippen LogP contribution < -0.4 is 10.0 Å². The summed E-state index contributed by atoms with van der Waals surface area (Å²) in [6.07, 6.45) is 0.703. The van der Waals surface area contributed by atoms with Crippen molar-refractivity contribution < 1.29 is 17.6 Å². The van der Waals surface area contributed by atoms with E-state index in [1.54, 1.807) is 36.4 Å². The van der Waals surface area contributed by atoms with E-state index in [0.29, 0.717) is 12.1 Å². The molecule has 0 aliphatic rings. The minimum absolute atomic E-state index is 0.00219. The van der Waals surface area contributed by atoms with Crippen molar-refractivity contribution in [2.45, 2.75) is 20.3 Å². The first-order valence-electron chi connectivity index (χ1n) is 7.34. The zero-order valence-corrected chi connectivity index (χ0v) is 13.9. The first kappa shape index (κ1) is 17.1. The summed E-state index contributed by atoms with van der Waals surface area (Å²) in [4.78, 5) is 12.0. The van der Waals surface area contributed by atoms with Gasteiger partial charge in [0.25, 0.3) is 5.91 Å². The molecule has 0 aliphatic heterocycles. The van der Waals surface area contributed by atoms with Gasteiger partial charge in [0.1, 0.15) is 5.76 Å². The standard InChI is InChI=1S/C16H20N2O4S/c1-3-14-12(2)11-15(22-14)16(19)17-9-10-23(20,21)18-13-7-5-4-6-8-13/h4-8,11,18H,3,9-10H2,1-2H3,(H,17,19). The lowest BCUT2D eigenvalue weighted by atomic mass is 10.2. The number of rotatable bonds is 7. The summed E-state index contributed by atoms with van der Waals surface area (Å²) in [5, 5.41) is 2.55. The highest BCUT2D eigenvalue weighted by Crippen LogP contribution is 2.15. The van der Waals surface area contributed by atoms with E-state index in [2.05, 4.69) is 10.0 Å². The molecule has 124 valence electrons. The third-order valence-corrected chi connectivity index (χ3v) is 4.56. The monoisotopic (exact) mass is 336 g/mol. The molecule has 7 heteroatoms. The summed E-state index contributed by atoms with van der Waals surface area (Å²) >= 11 is 0. The number of sulfonamides is 1. The molecule has 0 saturated heterocycles. The van der Waals surface area contributed by atoms with Gasteiger partial charge in [-0.1, -0.05) is 25.1 Å². The Bertz CT molecular complexity index is 767. The summed E-state index contributed by atoms with van der Waals surface area (Å²) in [6, 6.07) is 10.3. The van der Waals surface area contributed by atoms with Crippen molar-refractivity contribution in [3.05, 3.63) is 53.5 Å². The van der Waals surface area contributed by atoms with E-state index in [4.69, 9.17) is 4.42 Å². The quantitative estimate of drug-likeness (QED) is 0.812. The fraction of sp³-hybridized carbons (Fsp3) is 0.312. The summed E-state index contributed by atoms with van der Waals surface area (Å²) in [6.45, 7) is 3.81. The molecule has 0 bridgehead atoms. The third kappa shape index (κ3) is 4.85. The summed E-state index contributed by atoms with van der Waals surface area (Å²) < 4.78 is 31.8. The Morgan fingerprint density at radius 2 is 1.91 bits per heavy atom. The molecule has 0 atom stereocenters. The highest BCUT2D eigenvalue weighted by atomic mass is 32.2. The van der Waals surface area contributed by atoms with Gasteiger partial charge in [-0.15, -0.1) is 0 Å². The Kier molecular flexibility index (Phi) is 5.44. The van der Waals surface area contributed by atoms with Gasteiger partial charge in [-0.3, -0.25) is 9.52 Å². The van der Waals surface area contributed by atoms with Gasteiger partial charge < -0.3 is 9.73 Å². The number of hydrogen-bond acceptors (Lipinski definition) is 4. The van der Waals surface area contributed by atoms with Crippen LogP contribution in [0.15, 0.2) is 40.8 Å². The highest BCUT2D eigenvalue weighted by molar-refractivity contribution is 7.92. The third-order valence-electron chi connectivity index (χ3n) is 3.27. The molecule has 1 aromatic carbocycles. The van der Waals surface area contributed by atoms with Crippen LogP contribution >= 0.6 is 0 Å². The molecule has 0 unspecified atom stereocenters. The molecule has 0 aliphatic carbocycles. The van der Waals surface area contributed by atoms with E-state index >= 15 is 0 Å². The summed E-state index contributed by atoms with van der Waals surface area (Å²) in [5.74, 6) is 0.331. The number of para-hydroxylation sites is 1. The van der Waals surface area contributed by atoms with Gasteiger partial charge >= 0.3 is 0 Å². The largest absolute Gasteiger partial charge is 0.456 e. The molecular formula is C16H20N2O4S. The second-order valence-electron chi connectivity index (χ2n) is 5.11. The van der Waals surface area contributed by atoms with Crippen molar-refractivity contribution in [1.82, 2.24) is 5.32 Å². The van der Waals surface area contributed by atoms with Gasteiger partial charge in [0, 0.05) is 18.7 Å². The zero-order valence-electron chi connectivity index (χ0n) is 13.1. The van der Waals surface area contributed by atoms with Crippen LogP contribution in [0.2, 0.25) is 0 Å². The number of amides is 1. The lowest BCUT2D eigenvalue weighted by molar-refractivity contribution is 0.0927. The van der Waals surface area contributed by atoms with E-state index in [9.17, 15) is 13.2 Å². The molecule has 2 N–H and O–H groups in total. The van der Waals surface area contributed by atoms with Crippen LogP contribution in [0.1, 0.15) is 28.8 Å². The topological polar surface area (TPSA) is 88.4 Å². The average Bonchev–Trinajstić information content (AvgIpc) is 2.88. The molecule has 2 rings (SSSR count). The van der Waals surface area contributed by atoms with Crippen molar-refractivity contribution in [2.24, 2.45) is 0 Å². The zero-order chi connectivity index (χ0) is 16.9. The van der Waals surface area contributed by atoms with Crippen LogP contribution in [0.25, 0.3) is 0 Å². The molecule has 2 aromatic rings. The SMILES string of the molecule is CCc1oc(C(=O)NCCS(=O)(=O)Nc2ccccc2)cc1C. The number of aryl methyl sites for hydroxylation is 2. The van der Waals surface area contributed by atoms with Crippen molar-refractivity contribution in [3.8, 4) is 0 Å². The van der Waals surface area contributed by atoms with Crippen LogP contribution in [0.4, 0.5) is 5.69 Å². The van der Waals surface area contributed by atoms with Gasteiger partial charge in [-0.05, 0) is 30.7 Å². The van der Waals surface area contributed by atoms with E-state index in [-0.39, 0.29) is 18.1 Å². The molecular weight excluding hydrogens is 316 g/mol. The Balaban J connectivity index is 1.87. The fourth-order valence-electron chi connectivity index (χ4n) is 2.11. The number of carbonyl (C=O) groups excluding carboxylic acids is 1. The van der Waals surface area contributed by atoms with Crippen LogP contribution in [-0.4, -0.2) is 26.6 Å². The molecule has 0 radical (unpaired) electrons. The lowest BCUT2D eigenvalue weighted by Gasteiger charge is -2.08. The van der Waals surface area contributed by atoms with Gasteiger partial charge in [-0.2, -0.15) is 0 Å². The Morgan fingerprint density at radius 3 is 2.52 bits per heavy atom. The van der Waals surface area contributed by atoms with E-state index in [0.717, 1.165) is 11.3 Å². The van der Waals surface area contributed by atoms with Crippen molar-refractivity contribution in [3.63, 3.8) is 0 Å². The number of benzene rings is 1. The van der Waals surface area contributed by atoms with Crippen LogP contribution in [0.3, 0.4) is 0 Å². The summed E-state index contributed by atoms with van der Waals surface area (Å²) in [5.41, 5.74) is 1.41. The molecule has 23 heavy (non-hydrogen) atoms. The van der Waals surface area contributed by atoms with Gasteiger partial charge in [0.05, 0.1) is 5.75 Å². The Labute approximate surface area is 135 Å². The normalized spacial score (nSPS) is 11.2. The number of nitrogens with one attached hydrogen (secondary N) is 2. The smallest absolute Gasteiger partial charge is 0.287 e. The first-order valence-corrected chi connectivity index (χ1v) is 8.99. The molecule has 1 amide bonds. The predicted molar refractivity (Wildman–Crippen MR) is 89.0 cm³/mol. The first-order chi connectivity index (χ1) is 10.9. The second kappa shape index (κ2) is 7.32. The van der Waals surface area contributed by atoms with E-state index < -0.39 is 15.9 Å². The van der Waals surface area contributed by atoms with E-state index in [1.807, 2.05) is 13.8 Å². The lowest BCUT2D eigenvalue weighted by Crippen LogP contribution is -2.31. The number of hydrogen-bond donors (Lipinski definition) is 2. The van der Waals surface area contributed by atoms with Gasteiger partial charge in [0.15, 0.2) is 5.76 Å². The molecule has 0 saturated carbocycles. The van der Waals surface area contributed by atoms with Crippen molar-refractivity contribution in [2.75, 3.05) is 17.0 Å². The van der Waals surface area contributed by atoms with Crippen LogP contribution in [0, 0.1) is 6.92 Å². The van der Waals surface area contributed by atoms with E-state index in [1.165, 1.54) is 0 Å². The fourth-order valence-corrected chi connectivity index (χ4v) is 3.07. The molecule has 6 nitrogen and oxygen atoms in total. The number of furan rings is 1. The van der Waals surface area contributed by atoms with Crippen LogP contribution in [0.5, 0.6) is 0 Å². The van der Waals surface area contributed by atoms with Gasteiger partial charge in [-0.25, -0.2) is 8.42 Å². The minimum Gasteiger partial charge on any atom is -0.456 e. The minimum atomic E-state index is -3.52. The molecule has 0 spiro atoms. The Morgan fingerprint density at radius 1 is 1.22 bits per heavy atom. The maximum absolute atomic E-state index is 12.0. The summed E-state index contributed by atoms with van der Waals surface area (Å²) in [7, 11) is -3.52. The maximum atomic E-state index is 12.0. The maximum Gasteiger partial charge on any atom is 0.287 e. The molecule has 1 heterocycles. The molecule has 1 aromatic heterocycles. The predicted octanol–water partition coefficient (Wildman–Crippen LogP) is 2.32. The number of anilines is 1. The number of carbonyl (C=O) groups is 1. The van der Waals surface area contributed by atoms with Crippen molar-refractivity contribution in [1.29, 1.82) is 0 Å². The molecule has 0 fully saturated rings. The van der Waals surface area contributed by atoms with Gasteiger partial charge in [0.2, 0.25) is 10.0 Å². The highest BCUT2D eigenvalue weighted by Gasteiger charge is 2.15. The van der Waals surface area contributed by atoms with Crippen LogP contribution in [-0.2, 0) is 16.4 Å². The average molecular weight is 336 g/mol. The Hall–Kier alpha value is -2.28. The second-order valence-corrected chi connectivity index (χ2v) is 6.96. The van der Waals surface area contributed by atoms with Crippen molar-refractivity contribution >= 4 is 21.6 Å².